The number of ether oxygens (including phenoxy) is 1. The molecule has 1 amide bonds. The fourth-order valence-corrected chi connectivity index (χ4v) is 3.24. The first-order valence-electron chi connectivity index (χ1n) is 8.37. The summed E-state index contributed by atoms with van der Waals surface area (Å²) in [5, 5.41) is 8.28. The molecule has 1 aliphatic heterocycles. The van der Waals surface area contributed by atoms with E-state index >= 15 is 0 Å². The minimum atomic E-state index is -0.277. The van der Waals surface area contributed by atoms with E-state index in [0.29, 0.717) is 17.8 Å². The first kappa shape index (κ1) is 17.1. The maximum atomic E-state index is 13.2. The Hall–Kier alpha value is -2.70. The normalized spacial score (nSPS) is 20.4. The molecule has 2 atom stereocenters. The summed E-state index contributed by atoms with van der Waals surface area (Å²) in [5.74, 6) is -0.652. The van der Waals surface area contributed by atoms with Crippen LogP contribution >= 0.6 is 0 Å². The zero-order valence-corrected chi connectivity index (χ0v) is 14.7. The minimum Gasteiger partial charge on any atom is -0.469 e. The van der Waals surface area contributed by atoms with Crippen molar-refractivity contribution in [2.75, 3.05) is 13.7 Å². The van der Waals surface area contributed by atoms with Gasteiger partial charge in [-0.1, -0.05) is 11.6 Å². The van der Waals surface area contributed by atoms with Gasteiger partial charge in [0, 0.05) is 12.6 Å². The molecule has 1 aromatic heterocycles. The average molecular weight is 342 g/mol. The lowest BCUT2D eigenvalue weighted by Gasteiger charge is -2.37. The summed E-state index contributed by atoms with van der Waals surface area (Å²) in [6.07, 6.45) is 4.65. The van der Waals surface area contributed by atoms with Crippen molar-refractivity contribution in [2.24, 2.45) is 5.92 Å². The number of hydrogen-bond acceptors (Lipinski definition) is 5. The van der Waals surface area contributed by atoms with Crippen LogP contribution in [0.1, 0.15) is 35.7 Å². The second-order valence-electron chi connectivity index (χ2n) is 6.44. The van der Waals surface area contributed by atoms with E-state index in [9.17, 15) is 9.59 Å². The van der Waals surface area contributed by atoms with Crippen LogP contribution < -0.4 is 0 Å². The molecule has 2 heterocycles. The van der Waals surface area contributed by atoms with Gasteiger partial charge in [-0.25, -0.2) is 0 Å². The molecule has 132 valence electrons. The summed E-state index contributed by atoms with van der Waals surface area (Å²) in [4.78, 5) is 28.3. The largest absolute Gasteiger partial charge is 0.469 e. The number of amides is 1. The third kappa shape index (κ3) is 3.40. The Morgan fingerprint density at radius 3 is 2.60 bits per heavy atom. The average Bonchev–Trinajstić information content (AvgIpc) is 3.15. The zero-order valence-electron chi connectivity index (χ0n) is 14.7. The Morgan fingerprint density at radius 1 is 1.20 bits per heavy atom. The third-order valence-electron chi connectivity index (χ3n) is 4.69. The monoisotopic (exact) mass is 342 g/mol. The molecule has 0 bridgehead atoms. The number of esters is 1. The van der Waals surface area contributed by atoms with Crippen LogP contribution in [0.4, 0.5) is 0 Å². The molecule has 2 aromatic rings. The molecule has 1 fully saturated rings. The molecule has 7 nitrogen and oxygen atoms in total. The lowest BCUT2D eigenvalue weighted by molar-refractivity contribution is -0.147. The maximum absolute atomic E-state index is 13.2. The molecular formula is C18H22N4O3. The summed E-state index contributed by atoms with van der Waals surface area (Å²) in [6.45, 7) is 4.31. The van der Waals surface area contributed by atoms with Crippen molar-refractivity contribution >= 4 is 11.9 Å². The smallest absolute Gasteiger partial charge is 0.310 e. The summed E-state index contributed by atoms with van der Waals surface area (Å²) < 4.78 is 4.86. The van der Waals surface area contributed by atoms with Crippen molar-refractivity contribution < 1.29 is 14.3 Å². The molecular weight excluding hydrogens is 320 g/mol. The Bertz CT molecular complexity index is 773. The van der Waals surface area contributed by atoms with Gasteiger partial charge in [-0.15, -0.1) is 0 Å². The molecule has 0 radical (unpaired) electrons. The van der Waals surface area contributed by atoms with E-state index in [0.717, 1.165) is 18.4 Å². The number of aromatic nitrogens is 3. The molecule has 1 aromatic carbocycles. The fourth-order valence-electron chi connectivity index (χ4n) is 3.24. The van der Waals surface area contributed by atoms with E-state index in [2.05, 4.69) is 10.2 Å². The Morgan fingerprint density at radius 2 is 1.92 bits per heavy atom. The Balaban J connectivity index is 1.94. The topological polar surface area (TPSA) is 77.3 Å². The molecule has 0 aliphatic carbocycles. The van der Waals surface area contributed by atoms with Crippen LogP contribution in [-0.2, 0) is 9.53 Å². The van der Waals surface area contributed by atoms with Gasteiger partial charge in [0.1, 0.15) is 0 Å². The van der Waals surface area contributed by atoms with Crippen LogP contribution in [0.3, 0.4) is 0 Å². The first-order chi connectivity index (χ1) is 12.0. The van der Waals surface area contributed by atoms with E-state index in [4.69, 9.17) is 4.74 Å². The van der Waals surface area contributed by atoms with E-state index < -0.39 is 0 Å². The molecule has 0 spiro atoms. The summed E-state index contributed by atoms with van der Waals surface area (Å²) in [6, 6.07) is 5.67. The van der Waals surface area contributed by atoms with E-state index in [1.54, 1.807) is 17.3 Å². The highest BCUT2D eigenvalue weighted by Crippen LogP contribution is 2.26. The van der Waals surface area contributed by atoms with E-state index in [-0.39, 0.29) is 23.8 Å². The highest BCUT2D eigenvalue weighted by Gasteiger charge is 2.34. The number of nitrogens with zero attached hydrogens (tertiary/aromatic N) is 4. The van der Waals surface area contributed by atoms with Crippen molar-refractivity contribution in [3.05, 3.63) is 41.7 Å². The van der Waals surface area contributed by atoms with E-state index in [1.807, 2.05) is 32.0 Å². The van der Waals surface area contributed by atoms with Gasteiger partial charge in [0.25, 0.3) is 5.91 Å². The molecule has 25 heavy (non-hydrogen) atoms. The quantitative estimate of drug-likeness (QED) is 0.797. The zero-order chi connectivity index (χ0) is 18.0. The summed E-state index contributed by atoms with van der Waals surface area (Å²) in [7, 11) is 1.38. The van der Waals surface area contributed by atoms with Crippen molar-refractivity contribution in [3.8, 4) is 5.69 Å². The molecule has 3 rings (SSSR count). The second kappa shape index (κ2) is 7.04. The third-order valence-corrected chi connectivity index (χ3v) is 4.69. The minimum absolute atomic E-state index is 0.0624. The van der Waals surface area contributed by atoms with Crippen molar-refractivity contribution in [3.63, 3.8) is 0 Å². The molecule has 1 saturated heterocycles. The van der Waals surface area contributed by atoms with Gasteiger partial charge < -0.3 is 9.64 Å². The fraction of sp³-hybridized carbons (Fsp3) is 0.444. The van der Waals surface area contributed by atoms with Gasteiger partial charge in [-0.2, -0.15) is 15.0 Å². The summed E-state index contributed by atoms with van der Waals surface area (Å²) >= 11 is 0. The second-order valence-corrected chi connectivity index (χ2v) is 6.44. The Labute approximate surface area is 146 Å². The van der Waals surface area contributed by atoms with Crippen LogP contribution in [0.5, 0.6) is 0 Å². The van der Waals surface area contributed by atoms with Gasteiger partial charge in [0.15, 0.2) is 0 Å². The lowest BCUT2D eigenvalue weighted by atomic mass is 9.92. The first-order valence-corrected chi connectivity index (χ1v) is 8.37. The SMILES string of the molecule is COC(=O)C1CCC(C)N(C(=O)c2cc(C)ccc2-n2nccn2)C1. The number of benzene rings is 1. The van der Waals surface area contributed by atoms with Crippen LogP contribution in [0.25, 0.3) is 5.69 Å². The van der Waals surface area contributed by atoms with Crippen molar-refractivity contribution in [1.29, 1.82) is 0 Å². The molecule has 0 saturated carbocycles. The number of methoxy groups -OCH3 is 1. The van der Waals surface area contributed by atoms with Gasteiger partial charge in [-0.05, 0) is 38.8 Å². The van der Waals surface area contributed by atoms with Crippen LogP contribution in [0, 0.1) is 12.8 Å². The predicted molar refractivity (Wildman–Crippen MR) is 91.3 cm³/mol. The van der Waals surface area contributed by atoms with Gasteiger partial charge in [-0.3, -0.25) is 9.59 Å². The Kier molecular flexibility index (Phi) is 4.83. The number of carbonyl (C=O) groups is 2. The number of hydrogen-bond donors (Lipinski definition) is 0. The van der Waals surface area contributed by atoms with Crippen molar-refractivity contribution in [1.82, 2.24) is 19.9 Å². The van der Waals surface area contributed by atoms with Crippen LogP contribution in [0.15, 0.2) is 30.6 Å². The number of carbonyl (C=O) groups excluding carboxylic acids is 2. The number of aryl methyl sites for hydroxylation is 1. The maximum Gasteiger partial charge on any atom is 0.310 e. The van der Waals surface area contributed by atoms with E-state index in [1.165, 1.54) is 11.9 Å². The highest BCUT2D eigenvalue weighted by atomic mass is 16.5. The number of rotatable bonds is 3. The predicted octanol–water partition coefficient (Wildman–Crippen LogP) is 1.99. The standard InChI is InChI=1S/C18H22N4O3/c1-12-4-7-16(22-19-8-9-20-22)15(10-12)17(23)21-11-14(18(24)25-3)6-5-13(21)2/h4,7-10,13-14H,5-6,11H2,1-3H3. The lowest BCUT2D eigenvalue weighted by Crippen LogP contribution is -2.47. The van der Waals surface area contributed by atoms with Gasteiger partial charge >= 0.3 is 5.97 Å². The number of likely N-dealkylation sites (tertiary alicyclic amines) is 1. The molecule has 7 heteroatoms. The van der Waals surface area contributed by atoms with Crippen LogP contribution in [-0.4, -0.2) is 51.5 Å². The molecule has 2 unspecified atom stereocenters. The van der Waals surface area contributed by atoms with Gasteiger partial charge in [0.2, 0.25) is 0 Å². The number of piperidine rings is 1. The van der Waals surface area contributed by atoms with Crippen LogP contribution in [0.2, 0.25) is 0 Å². The van der Waals surface area contributed by atoms with Gasteiger partial charge in [0.05, 0.1) is 36.7 Å². The molecule has 1 aliphatic rings. The van der Waals surface area contributed by atoms with Crippen molar-refractivity contribution in [2.45, 2.75) is 32.7 Å². The highest BCUT2D eigenvalue weighted by molar-refractivity contribution is 5.98. The summed E-state index contributed by atoms with van der Waals surface area (Å²) in [5.41, 5.74) is 2.15. The molecule has 0 N–H and O–H groups in total.